The number of fused-ring (bicyclic) bond motifs is 1. The molecule has 0 radical (unpaired) electrons. The second kappa shape index (κ2) is 3.99. The number of para-hydroxylation sites is 1. The normalized spacial score (nSPS) is 11.2. The van der Waals surface area contributed by atoms with E-state index in [9.17, 15) is 0 Å². The fourth-order valence-corrected chi connectivity index (χ4v) is 2.14. The number of anilines is 1. The average molecular weight is 264 g/mol. The highest BCUT2D eigenvalue weighted by atomic mass is 35.5. The van der Waals surface area contributed by atoms with Crippen molar-refractivity contribution >= 4 is 28.6 Å². The zero-order valence-corrected chi connectivity index (χ0v) is 10.3. The molecule has 0 fully saturated rings. The van der Waals surface area contributed by atoms with E-state index in [2.05, 4.69) is 15.1 Å². The van der Waals surface area contributed by atoms with E-state index in [1.807, 2.05) is 12.1 Å². The third kappa shape index (κ3) is 1.70. The summed E-state index contributed by atoms with van der Waals surface area (Å²) in [6, 6.07) is 5.48. The summed E-state index contributed by atoms with van der Waals surface area (Å²) >= 11 is 6.17. The van der Waals surface area contributed by atoms with Crippen LogP contribution in [0, 0.1) is 6.92 Å². The molecule has 6 nitrogen and oxygen atoms in total. The van der Waals surface area contributed by atoms with Crippen molar-refractivity contribution in [3.8, 4) is 0 Å². The molecule has 1 aromatic carbocycles. The smallest absolute Gasteiger partial charge is 0.223 e. The first-order valence-corrected chi connectivity index (χ1v) is 5.72. The van der Waals surface area contributed by atoms with Crippen molar-refractivity contribution < 1.29 is 4.52 Å². The van der Waals surface area contributed by atoms with Crippen molar-refractivity contribution in [3.05, 3.63) is 34.9 Å². The Morgan fingerprint density at radius 1 is 1.39 bits per heavy atom. The molecule has 3 rings (SSSR count). The summed E-state index contributed by atoms with van der Waals surface area (Å²) in [5.41, 5.74) is 7.41. The van der Waals surface area contributed by atoms with Crippen LogP contribution in [0.1, 0.15) is 11.7 Å². The zero-order valence-electron chi connectivity index (χ0n) is 9.59. The molecule has 18 heavy (non-hydrogen) atoms. The summed E-state index contributed by atoms with van der Waals surface area (Å²) in [4.78, 5) is 8.39. The maximum atomic E-state index is 6.17. The zero-order chi connectivity index (χ0) is 12.7. The first kappa shape index (κ1) is 11.0. The van der Waals surface area contributed by atoms with Crippen LogP contribution in [0.25, 0.3) is 11.0 Å². The number of hydrogen-bond acceptors (Lipinski definition) is 5. The van der Waals surface area contributed by atoms with Crippen molar-refractivity contribution in [2.24, 2.45) is 0 Å². The van der Waals surface area contributed by atoms with E-state index in [1.54, 1.807) is 17.6 Å². The van der Waals surface area contributed by atoms with Gasteiger partial charge in [-0.1, -0.05) is 22.8 Å². The predicted octanol–water partition coefficient (Wildman–Crippen LogP) is 2.01. The molecular formula is C11H10ClN5O. The van der Waals surface area contributed by atoms with Gasteiger partial charge in [0.05, 0.1) is 22.6 Å². The van der Waals surface area contributed by atoms with E-state index in [0.29, 0.717) is 29.2 Å². The molecule has 0 aliphatic carbocycles. The van der Waals surface area contributed by atoms with Crippen LogP contribution in [0.5, 0.6) is 0 Å². The lowest BCUT2D eigenvalue weighted by Gasteiger charge is -2.03. The van der Waals surface area contributed by atoms with Gasteiger partial charge in [0.2, 0.25) is 11.8 Å². The summed E-state index contributed by atoms with van der Waals surface area (Å²) in [6.07, 6.45) is 0. The van der Waals surface area contributed by atoms with Gasteiger partial charge in [-0.05, 0) is 12.1 Å². The van der Waals surface area contributed by atoms with Crippen molar-refractivity contribution in [1.29, 1.82) is 0 Å². The molecule has 0 saturated heterocycles. The third-order valence-electron chi connectivity index (χ3n) is 2.62. The molecule has 0 unspecified atom stereocenters. The third-order valence-corrected chi connectivity index (χ3v) is 2.92. The van der Waals surface area contributed by atoms with Crippen molar-refractivity contribution in [1.82, 2.24) is 19.7 Å². The van der Waals surface area contributed by atoms with E-state index in [0.717, 1.165) is 11.0 Å². The number of nitrogen functional groups attached to an aromatic ring is 1. The second-order valence-electron chi connectivity index (χ2n) is 3.89. The highest BCUT2D eigenvalue weighted by Gasteiger charge is 2.13. The van der Waals surface area contributed by atoms with Crippen molar-refractivity contribution in [2.75, 3.05) is 5.73 Å². The molecule has 0 spiro atoms. The van der Waals surface area contributed by atoms with Gasteiger partial charge in [-0.25, -0.2) is 4.98 Å². The maximum Gasteiger partial charge on any atom is 0.223 e. The lowest BCUT2D eigenvalue weighted by molar-refractivity contribution is 0.386. The first-order chi connectivity index (χ1) is 8.65. The monoisotopic (exact) mass is 263 g/mol. The average Bonchev–Trinajstić information content (AvgIpc) is 2.85. The minimum atomic E-state index is 0.376. The molecule has 7 heteroatoms. The fraction of sp³-hybridized carbons (Fsp3) is 0.182. The number of nitrogens with zero attached hydrogens (tertiary/aromatic N) is 4. The van der Waals surface area contributed by atoms with Crippen LogP contribution in [0.2, 0.25) is 5.02 Å². The van der Waals surface area contributed by atoms with E-state index < -0.39 is 0 Å². The van der Waals surface area contributed by atoms with E-state index >= 15 is 0 Å². The van der Waals surface area contributed by atoms with Crippen LogP contribution < -0.4 is 5.73 Å². The quantitative estimate of drug-likeness (QED) is 0.765. The van der Waals surface area contributed by atoms with Crippen LogP contribution >= 0.6 is 11.6 Å². The summed E-state index contributed by atoms with van der Waals surface area (Å²) < 4.78 is 6.69. The molecule has 0 atom stereocenters. The van der Waals surface area contributed by atoms with Crippen LogP contribution in [0.15, 0.2) is 22.7 Å². The summed E-state index contributed by atoms with van der Waals surface area (Å²) in [6.45, 7) is 2.11. The molecule has 3 aromatic rings. The van der Waals surface area contributed by atoms with Gasteiger partial charge in [0.25, 0.3) is 0 Å². The Balaban J connectivity index is 2.13. The minimum absolute atomic E-state index is 0.376. The van der Waals surface area contributed by atoms with Gasteiger partial charge in [-0.15, -0.1) is 0 Å². The van der Waals surface area contributed by atoms with Gasteiger partial charge in [0, 0.05) is 6.92 Å². The van der Waals surface area contributed by atoms with Gasteiger partial charge in [-0.3, -0.25) is 0 Å². The van der Waals surface area contributed by atoms with Crippen LogP contribution in [0.4, 0.5) is 5.95 Å². The number of rotatable bonds is 2. The van der Waals surface area contributed by atoms with Crippen molar-refractivity contribution in [2.45, 2.75) is 13.5 Å². The molecule has 0 amide bonds. The Kier molecular flexibility index (Phi) is 2.45. The summed E-state index contributed by atoms with van der Waals surface area (Å²) in [5.74, 6) is 1.43. The molecule has 2 aromatic heterocycles. The highest BCUT2D eigenvalue weighted by Crippen LogP contribution is 2.26. The highest BCUT2D eigenvalue weighted by molar-refractivity contribution is 6.35. The summed E-state index contributed by atoms with van der Waals surface area (Å²) in [5, 5.41) is 4.43. The molecule has 0 aliphatic rings. The summed E-state index contributed by atoms with van der Waals surface area (Å²) in [7, 11) is 0. The molecule has 0 bridgehead atoms. The fourth-order valence-electron chi connectivity index (χ4n) is 1.87. The number of imidazole rings is 1. The molecule has 0 saturated carbocycles. The van der Waals surface area contributed by atoms with Gasteiger partial charge >= 0.3 is 0 Å². The van der Waals surface area contributed by atoms with Gasteiger partial charge in [0.15, 0.2) is 5.82 Å². The van der Waals surface area contributed by atoms with Gasteiger partial charge in [-0.2, -0.15) is 4.98 Å². The van der Waals surface area contributed by atoms with Crippen LogP contribution in [-0.2, 0) is 6.54 Å². The van der Waals surface area contributed by atoms with Gasteiger partial charge in [0.1, 0.15) is 0 Å². The Labute approximate surface area is 107 Å². The Morgan fingerprint density at radius 2 is 2.22 bits per heavy atom. The lowest BCUT2D eigenvalue weighted by atomic mass is 10.3. The minimum Gasteiger partial charge on any atom is -0.369 e. The number of aryl methyl sites for hydroxylation is 1. The van der Waals surface area contributed by atoms with E-state index in [-0.39, 0.29) is 0 Å². The van der Waals surface area contributed by atoms with E-state index in [1.165, 1.54) is 0 Å². The van der Waals surface area contributed by atoms with Crippen LogP contribution in [0.3, 0.4) is 0 Å². The predicted molar refractivity (Wildman–Crippen MR) is 67.3 cm³/mol. The number of aromatic nitrogens is 4. The molecule has 92 valence electrons. The molecule has 2 heterocycles. The standard InChI is InChI=1S/C11H10ClN5O/c1-6-14-9(16-18-6)5-17-10-7(12)3-2-4-8(10)15-11(17)13/h2-4H,5H2,1H3,(H2,13,15). The van der Waals surface area contributed by atoms with E-state index in [4.69, 9.17) is 21.9 Å². The van der Waals surface area contributed by atoms with Gasteiger partial charge < -0.3 is 14.8 Å². The van der Waals surface area contributed by atoms with Crippen molar-refractivity contribution in [3.63, 3.8) is 0 Å². The first-order valence-electron chi connectivity index (χ1n) is 5.34. The number of halogens is 1. The topological polar surface area (TPSA) is 82.8 Å². The Hall–Kier alpha value is -2.08. The second-order valence-corrected chi connectivity index (χ2v) is 4.30. The molecule has 0 aliphatic heterocycles. The lowest BCUT2D eigenvalue weighted by Crippen LogP contribution is -2.06. The molecule has 2 N–H and O–H groups in total. The number of nitrogens with two attached hydrogens (primary N) is 1. The Bertz CT molecular complexity index is 717. The maximum absolute atomic E-state index is 6.17. The number of benzene rings is 1. The Morgan fingerprint density at radius 3 is 2.94 bits per heavy atom. The van der Waals surface area contributed by atoms with Crippen LogP contribution in [-0.4, -0.2) is 19.7 Å². The number of hydrogen-bond donors (Lipinski definition) is 1. The molecular weight excluding hydrogens is 254 g/mol. The largest absolute Gasteiger partial charge is 0.369 e. The SMILES string of the molecule is Cc1nc(Cn2c(N)nc3cccc(Cl)c32)no1.